The molecule has 3 rings (SSSR count). The molecule has 35 heavy (non-hydrogen) atoms. The van der Waals surface area contributed by atoms with Gasteiger partial charge in [-0.15, -0.1) is 0 Å². The summed E-state index contributed by atoms with van der Waals surface area (Å²) in [6, 6.07) is 16.7. The van der Waals surface area contributed by atoms with Gasteiger partial charge >= 0.3 is 0 Å². The van der Waals surface area contributed by atoms with Crippen molar-refractivity contribution in [1.82, 2.24) is 0 Å². The highest BCUT2D eigenvalue weighted by molar-refractivity contribution is 14.1. The number of nitriles is 1. The molecule has 0 spiro atoms. The molecule has 0 radical (unpaired) electrons. The molecule has 178 valence electrons. The summed E-state index contributed by atoms with van der Waals surface area (Å²) in [5.41, 5.74) is 1.88. The number of carbonyl (C=O) groups is 1. The van der Waals surface area contributed by atoms with Crippen molar-refractivity contribution in [2.75, 3.05) is 12.4 Å². The molecule has 0 aliphatic carbocycles. The number of anilines is 1. The van der Waals surface area contributed by atoms with E-state index in [0.717, 1.165) is 5.56 Å². The number of non-ortho nitro benzene ring substituents is 1. The summed E-state index contributed by atoms with van der Waals surface area (Å²) >= 11 is 8.28. The summed E-state index contributed by atoms with van der Waals surface area (Å²) < 4.78 is 12.1. The lowest BCUT2D eigenvalue weighted by Crippen LogP contribution is -2.14. The Hall–Kier alpha value is -3.62. The Balaban J connectivity index is 1.85. The van der Waals surface area contributed by atoms with E-state index in [2.05, 4.69) is 27.9 Å². The first-order valence-corrected chi connectivity index (χ1v) is 11.6. The van der Waals surface area contributed by atoms with Gasteiger partial charge in [0.15, 0.2) is 11.5 Å². The van der Waals surface area contributed by atoms with Crippen molar-refractivity contribution >= 4 is 57.5 Å². The lowest BCUT2D eigenvalue weighted by Gasteiger charge is -2.14. The zero-order chi connectivity index (χ0) is 25.5. The highest BCUT2D eigenvalue weighted by Crippen LogP contribution is 2.35. The lowest BCUT2D eigenvalue weighted by molar-refractivity contribution is -0.384. The van der Waals surface area contributed by atoms with Gasteiger partial charge in [-0.25, -0.2) is 0 Å². The molecular formula is C25H19ClIN3O5. The second kappa shape index (κ2) is 11.7. The number of nitrogens with zero attached hydrogens (tertiary/aromatic N) is 2. The Labute approximate surface area is 220 Å². The number of nitro groups is 1. The SMILES string of the molecule is COc1cc(/C=C(\C#N)C(=O)Nc2cc([N+](=O)[O-])ccc2C)cc(I)c1OCc1ccccc1Cl. The zero-order valence-electron chi connectivity index (χ0n) is 18.7. The molecule has 3 aromatic rings. The lowest BCUT2D eigenvalue weighted by atomic mass is 10.1. The van der Waals surface area contributed by atoms with E-state index in [4.69, 9.17) is 21.1 Å². The summed E-state index contributed by atoms with van der Waals surface area (Å²) in [5.74, 6) is 0.229. The molecule has 1 N–H and O–H groups in total. The predicted molar refractivity (Wildman–Crippen MR) is 142 cm³/mol. The van der Waals surface area contributed by atoms with Crippen molar-refractivity contribution in [1.29, 1.82) is 5.26 Å². The van der Waals surface area contributed by atoms with E-state index in [1.165, 1.54) is 31.4 Å². The Kier molecular flexibility index (Phi) is 8.68. The van der Waals surface area contributed by atoms with E-state index in [9.17, 15) is 20.2 Å². The van der Waals surface area contributed by atoms with Crippen LogP contribution in [0.4, 0.5) is 11.4 Å². The maximum Gasteiger partial charge on any atom is 0.271 e. The molecule has 8 nitrogen and oxygen atoms in total. The van der Waals surface area contributed by atoms with Crippen molar-refractivity contribution < 1.29 is 19.2 Å². The first-order valence-electron chi connectivity index (χ1n) is 10.2. The Morgan fingerprint density at radius 3 is 2.66 bits per heavy atom. The first-order chi connectivity index (χ1) is 16.7. The average molecular weight is 604 g/mol. The minimum absolute atomic E-state index is 0.167. The molecule has 0 bridgehead atoms. The standard InChI is InChI=1S/C25H19ClIN3O5/c1-15-7-8-19(30(32)33)12-22(15)29-25(31)18(13-28)9-16-10-21(27)24(23(11-16)34-2)35-14-17-5-3-4-6-20(17)26/h3-12H,14H2,1-2H3,(H,29,31)/b18-9+. The zero-order valence-corrected chi connectivity index (χ0v) is 21.6. The molecule has 0 aromatic heterocycles. The fourth-order valence-electron chi connectivity index (χ4n) is 3.09. The van der Waals surface area contributed by atoms with Gasteiger partial charge in [0.2, 0.25) is 0 Å². The van der Waals surface area contributed by atoms with Crippen LogP contribution in [-0.2, 0) is 11.4 Å². The number of methoxy groups -OCH3 is 1. The molecule has 1 amide bonds. The summed E-state index contributed by atoms with van der Waals surface area (Å²) in [6.45, 7) is 1.93. The molecule has 0 saturated carbocycles. The van der Waals surface area contributed by atoms with Gasteiger partial charge in [0.1, 0.15) is 18.2 Å². The minimum Gasteiger partial charge on any atom is -0.493 e. The van der Waals surface area contributed by atoms with Gasteiger partial charge in [0.25, 0.3) is 11.6 Å². The highest BCUT2D eigenvalue weighted by Gasteiger charge is 2.16. The molecule has 0 fully saturated rings. The second-order valence-corrected chi connectivity index (χ2v) is 8.86. The van der Waals surface area contributed by atoms with Gasteiger partial charge in [-0.3, -0.25) is 14.9 Å². The number of hydrogen-bond acceptors (Lipinski definition) is 6. The number of carbonyl (C=O) groups excluding carboxylic acids is 1. The molecule has 0 atom stereocenters. The van der Waals surface area contributed by atoms with Crippen LogP contribution in [0.2, 0.25) is 5.02 Å². The third kappa shape index (κ3) is 6.49. The van der Waals surface area contributed by atoms with Gasteiger partial charge < -0.3 is 14.8 Å². The number of ether oxygens (including phenoxy) is 2. The van der Waals surface area contributed by atoms with Crippen LogP contribution in [0.3, 0.4) is 0 Å². The van der Waals surface area contributed by atoms with Crippen LogP contribution in [0.1, 0.15) is 16.7 Å². The molecule has 10 heteroatoms. The highest BCUT2D eigenvalue weighted by atomic mass is 127. The number of nitro benzene ring substituents is 1. The number of aryl methyl sites for hydroxylation is 1. The van der Waals surface area contributed by atoms with E-state index < -0.39 is 10.8 Å². The van der Waals surface area contributed by atoms with E-state index in [1.54, 1.807) is 25.1 Å². The van der Waals surface area contributed by atoms with E-state index in [-0.39, 0.29) is 23.6 Å². The Morgan fingerprint density at radius 1 is 1.26 bits per heavy atom. The van der Waals surface area contributed by atoms with Crippen molar-refractivity contribution in [3.8, 4) is 17.6 Å². The van der Waals surface area contributed by atoms with Crippen LogP contribution < -0.4 is 14.8 Å². The van der Waals surface area contributed by atoms with E-state index in [0.29, 0.717) is 31.2 Å². The number of rotatable bonds is 8. The molecule has 0 unspecified atom stereocenters. The largest absolute Gasteiger partial charge is 0.493 e. The third-order valence-corrected chi connectivity index (χ3v) is 6.11. The van der Waals surface area contributed by atoms with Gasteiger partial charge in [-0.1, -0.05) is 35.9 Å². The minimum atomic E-state index is -0.691. The molecule has 0 aliphatic heterocycles. The fourth-order valence-corrected chi connectivity index (χ4v) is 4.06. The van der Waals surface area contributed by atoms with Crippen LogP contribution in [0.25, 0.3) is 6.08 Å². The second-order valence-electron chi connectivity index (χ2n) is 7.29. The van der Waals surface area contributed by atoms with Crippen LogP contribution in [0.15, 0.2) is 60.2 Å². The molecule has 3 aromatic carbocycles. The molecule has 0 heterocycles. The average Bonchev–Trinajstić information content (AvgIpc) is 2.83. The van der Waals surface area contributed by atoms with Crippen molar-refractivity contribution in [2.24, 2.45) is 0 Å². The number of amides is 1. The van der Waals surface area contributed by atoms with E-state index in [1.807, 2.05) is 24.3 Å². The fraction of sp³-hybridized carbons (Fsp3) is 0.120. The smallest absolute Gasteiger partial charge is 0.271 e. The number of benzene rings is 3. The molecule has 0 saturated heterocycles. The van der Waals surface area contributed by atoms with Gasteiger partial charge in [-0.2, -0.15) is 5.26 Å². The van der Waals surface area contributed by atoms with Crippen molar-refractivity contribution in [2.45, 2.75) is 13.5 Å². The quantitative estimate of drug-likeness (QED) is 0.106. The predicted octanol–water partition coefficient (Wildman–Crippen LogP) is 6.29. The topological polar surface area (TPSA) is 114 Å². The Bertz CT molecular complexity index is 1370. The van der Waals surface area contributed by atoms with Crippen LogP contribution in [-0.4, -0.2) is 17.9 Å². The number of halogens is 2. The third-order valence-electron chi connectivity index (χ3n) is 4.94. The molecular weight excluding hydrogens is 585 g/mol. The normalized spacial score (nSPS) is 10.9. The Morgan fingerprint density at radius 2 is 2.00 bits per heavy atom. The first kappa shape index (κ1) is 26.0. The summed E-state index contributed by atoms with van der Waals surface area (Å²) in [4.78, 5) is 23.2. The maximum atomic E-state index is 12.7. The maximum absolute atomic E-state index is 12.7. The van der Waals surface area contributed by atoms with Gasteiger partial charge in [0, 0.05) is 22.7 Å². The van der Waals surface area contributed by atoms with Crippen LogP contribution in [0, 0.1) is 31.9 Å². The molecule has 0 aliphatic rings. The summed E-state index contributed by atoms with van der Waals surface area (Å²) in [5, 5.41) is 23.8. The monoisotopic (exact) mass is 603 g/mol. The summed E-state index contributed by atoms with van der Waals surface area (Å²) in [7, 11) is 1.49. The van der Waals surface area contributed by atoms with Crippen LogP contribution >= 0.6 is 34.2 Å². The van der Waals surface area contributed by atoms with Gasteiger partial charge in [-0.05, 0) is 64.9 Å². The van der Waals surface area contributed by atoms with E-state index >= 15 is 0 Å². The summed E-state index contributed by atoms with van der Waals surface area (Å²) in [6.07, 6.45) is 1.41. The van der Waals surface area contributed by atoms with Crippen LogP contribution in [0.5, 0.6) is 11.5 Å². The van der Waals surface area contributed by atoms with Gasteiger partial charge in [0.05, 0.1) is 21.3 Å². The van der Waals surface area contributed by atoms with Crippen molar-refractivity contribution in [3.05, 3.63) is 95.6 Å². The number of hydrogen-bond donors (Lipinski definition) is 1. The van der Waals surface area contributed by atoms with Crippen molar-refractivity contribution in [3.63, 3.8) is 0 Å². The number of nitrogens with one attached hydrogen (secondary N) is 1.